The van der Waals surface area contributed by atoms with E-state index in [-0.39, 0.29) is 101 Å². The summed E-state index contributed by atoms with van der Waals surface area (Å²) in [6, 6.07) is -2.25. The van der Waals surface area contributed by atoms with Gasteiger partial charge < -0.3 is 133 Å². The molecule has 0 aliphatic carbocycles. The molecule has 752 valence electrons. The summed E-state index contributed by atoms with van der Waals surface area (Å²) in [6.45, 7) is 36.8. The molecule has 0 unspecified atom stereocenters. The third-order valence-electron chi connectivity index (χ3n) is 27.7. The summed E-state index contributed by atoms with van der Waals surface area (Å²) in [7, 11) is 10.5. The summed E-state index contributed by atoms with van der Waals surface area (Å²) in [5, 5.41) is 124. The lowest BCUT2D eigenvalue weighted by molar-refractivity contribution is -0.318. The van der Waals surface area contributed by atoms with E-state index in [4.69, 9.17) is 56.8 Å². The van der Waals surface area contributed by atoms with Gasteiger partial charge in [-0.05, 0) is 227 Å². The van der Waals surface area contributed by atoms with Crippen molar-refractivity contribution >= 4 is 23.8 Å². The largest absolute Gasteiger partial charge is 0.459 e. The van der Waals surface area contributed by atoms with Crippen LogP contribution in [0.15, 0.2) is 72.9 Å². The number of hydrogen-bond donors (Lipinski definition) is 12. The zero-order valence-electron chi connectivity index (χ0n) is 83.7. The number of rotatable bonds is 31. The summed E-state index contributed by atoms with van der Waals surface area (Å²) >= 11 is 0. The van der Waals surface area contributed by atoms with Crippen molar-refractivity contribution in [3.63, 3.8) is 0 Å². The second-order valence-electron chi connectivity index (χ2n) is 40.0. The minimum atomic E-state index is -2.08. The van der Waals surface area contributed by atoms with Crippen molar-refractivity contribution in [3.8, 4) is 0 Å². The van der Waals surface area contributed by atoms with Crippen LogP contribution in [0.25, 0.3) is 0 Å². The standard InChI is InChI=1S/C62H105N3O14.C37H70N2O12/c1-15-17-18-19-20-21-22-23-24-25-26-27-28-29-30-31-32-33-34-35-50(66)63-37-36-51(67)65-41-42(3)39-60(9,72)57(79-59-53(68)48(64(12)13)38-43(4)75-59)44(5)54(78-52-40-61(10,74-14)56(70)47(8)76-52)45(6)58(71)77-49(16-2)62(11,73)55(69)46(65)7;1-14-26-37(10,45)30(41)23(6)38-18-19(2)16-35(8,44)32(51-34-28(40)25(39(11)12)15-20(3)47-34)21(4)29(22(5)33(43)49-26)50-27-17-36(9,46-13)31(42)24(7)48-27/h17-18,20-21,23-24,26-27,29-30,32-33,42-49,52-57,59,68-70,72-73H,15-16,19,22,25,28,31,34-41H2,1-14H3,(H,63,66);19-32,34,38,40-42,44-45H,14-18H2,1-13H3/b18-17-,21-20-,24-23-,27-26-,30-29-,33-32-;/t42-,43-,44+,45-,46-,47+,48+,49-,52+,53-,54+,55-,56+,57-,59+,60-,61-,62-;19-,20-,21+,22-,23-,24+,25+,26-,27+,28-,29+,30-,31+,32-,34+,35-,36-,37-/m11/s1. The van der Waals surface area contributed by atoms with Crippen LogP contribution in [0.3, 0.4) is 0 Å². The van der Waals surface area contributed by atoms with Gasteiger partial charge in [0.1, 0.15) is 60.0 Å². The Labute approximate surface area is 778 Å². The van der Waals surface area contributed by atoms with E-state index in [9.17, 15) is 70.2 Å². The van der Waals surface area contributed by atoms with E-state index in [1.54, 1.807) is 90.0 Å². The lowest BCUT2D eigenvalue weighted by Crippen LogP contribution is -2.60. The minimum absolute atomic E-state index is 0.000159. The molecule has 0 radical (unpaired) electrons. The van der Waals surface area contributed by atoms with Crippen LogP contribution >= 0.6 is 0 Å². The van der Waals surface area contributed by atoms with Gasteiger partial charge in [-0.25, -0.2) is 0 Å². The molecule has 12 N–H and O–H groups in total. The van der Waals surface area contributed by atoms with Crippen LogP contribution in [0.1, 0.15) is 255 Å². The van der Waals surface area contributed by atoms with E-state index in [0.717, 1.165) is 38.5 Å². The Hall–Kier alpha value is -4.60. The zero-order chi connectivity index (χ0) is 97.9. The molecule has 31 nitrogen and oxygen atoms in total. The van der Waals surface area contributed by atoms with Crippen molar-refractivity contribution in [2.24, 2.45) is 35.5 Å². The van der Waals surface area contributed by atoms with Crippen molar-refractivity contribution < 1.29 is 127 Å². The lowest BCUT2D eigenvalue weighted by Gasteiger charge is -2.48. The third-order valence-corrected chi connectivity index (χ3v) is 27.7. The first-order chi connectivity index (χ1) is 60.7. The van der Waals surface area contributed by atoms with Crippen LogP contribution in [0.5, 0.6) is 0 Å². The molecular weight excluding hydrogens is 1680 g/mol. The van der Waals surface area contributed by atoms with Crippen LogP contribution < -0.4 is 10.6 Å². The van der Waals surface area contributed by atoms with Crippen LogP contribution in [-0.4, -0.2) is 332 Å². The van der Waals surface area contributed by atoms with E-state index >= 15 is 0 Å². The fraction of sp³-hybridized carbons (Fsp3) is 0.838. The van der Waals surface area contributed by atoms with Gasteiger partial charge in [0.05, 0.1) is 89.1 Å². The van der Waals surface area contributed by atoms with E-state index in [1.165, 1.54) is 33.0 Å². The van der Waals surface area contributed by atoms with Crippen LogP contribution in [0.2, 0.25) is 0 Å². The molecular formula is C99H175N5O26. The number of ether oxygens (including phenoxy) is 12. The van der Waals surface area contributed by atoms with Crippen molar-refractivity contribution in [2.45, 2.75) is 435 Å². The molecule has 0 aromatic heterocycles. The maximum absolute atomic E-state index is 14.6. The number of aliphatic hydroxyl groups is 10. The Bertz CT molecular complexity index is 3540. The highest BCUT2D eigenvalue weighted by atomic mass is 16.7. The van der Waals surface area contributed by atoms with Crippen LogP contribution in [0, 0.1) is 35.5 Å². The van der Waals surface area contributed by atoms with Gasteiger partial charge in [0.25, 0.3) is 0 Å². The Morgan fingerprint density at radius 1 is 0.500 bits per heavy atom. The van der Waals surface area contributed by atoms with Gasteiger partial charge in [0.15, 0.2) is 25.2 Å². The summed E-state index contributed by atoms with van der Waals surface area (Å²) in [6.07, 6.45) is 13.4. The van der Waals surface area contributed by atoms with Gasteiger partial charge >= 0.3 is 11.9 Å². The number of allylic oxidation sites excluding steroid dienone is 12. The number of cyclic esters (lactones) is 2. The molecule has 31 heteroatoms. The lowest BCUT2D eigenvalue weighted by atomic mass is 9.77. The molecule has 0 spiro atoms. The molecule has 36 atom stereocenters. The maximum atomic E-state index is 14.6. The van der Waals surface area contributed by atoms with E-state index < -0.39 is 204 Å². The van der Waals surface area contributed by atoms with Crippen molar-refractivity contribution in [1.29, 1.82) is 0 Å². The Morgan fingerprint density at radius 2 is 0.877 bits per heavy atom. The van der Waals surface area contributed by atoms with Crippen LogP contribution in [0.4, 0.5) is 0 Å². The highest BCUT2D eigenvalue weighted by Crippen LogP contribution is 2.44. The topological polar surface area (TPSA) is 415 Å². The number of carbonyl (C=O) groups excluding carboxylic acids is 4. The molecule has 0 saturated carbocycles. The predicted octanol–water partition coefficient (Wildman–Crippen LogP) is 9.34. The first kappa shape index (κ1) is 116. The average Bonchev–Trinajstić information content (AvgIpc) is 1.49. The molecule has 6 heterocycles. The molecule has 0 aromatic carbocycles. The summed E-state index contributed by atoms with van der Waals surface area (Å²) in [4.78, 5) is 61.3. The van der Waals surface area contributed by atoms with Crippen molar-refractivity contribution in [1.82, 2.24) is 25.3 Å². The van der Waals surface area contributed by atoms with E-state index in [0.29, 0.717) is 25.8 Å². The molecule has 6 aliphatic rings. The Balaban J connectivity index is 0.000000505. The number of esters is 2. The van der Waals surface area contributed by atoms with Gasteiger partial charge in [-0.15, -0.1) is 0 Å². The Morgan fingerprint density at radius 3 is 1.25 bits per heavy atom. The minimum Gasteiger partial charge on any atom is -0.459 e. The van der Waals surface area contributed by atoms with Crippen LogP contribution in [-0.2, 0) is 76.0 Å². The molecule has 6 fully saturated rings. The number of nitrogens with zero attached hydrogens (tertiary/aromatic N) is 3. The molecule has 0 bridgehead atoms. The monoisotopic (exact) mass is 1850 g/mol. The van der Waals surface area contributed by atoms with E-state index in [1.807, 2.05) is 84.8 Å². The number of aliphatic hydroxyl groups excluding tert-OH is 6. The number of nitrogens with one attached hydrogen (secondary N) is 2. The predicted molar refractivity (Wildman–Crippen MR) is 498 cm³/mol. The highest BCUT2D eigenvalue weighted by molar-refractivity contribution is 5.79. The number of amides is 2. The Kier molecular flexibility index (Phi) is 47.6. The van der Waals surface area contributed by atoms with Crippen molar-refractivity contribution in [2.75, 3.05) is 62.0 Å². The SMILES string of the molecule is CC/C=C\C/C=C\C/C=C\C/C=C\C/C=C\C/C=C\CCC(=O)NCCC(=O)N1C[C@H](C)C[C@@](C)(O)[C@H](O[C@@H]2O[C@H](C)C[C@H](N(C)C)[C@H]2O)[C@@H](C)[C@H](O[C@H]2C[C@@](C)(OC)[C@@H](O)[C@H](C)O2)[C@@H](C)C(=O)O[C@H](CC)[C@@](C)(O)[C@H](O)[C@H]1C.CC[C@H]1OC(=O)[C@H](C)[C@@H](O[C@H]2C[C@@](C)(OC)[C@@H](O)[C@H](C)O2)[C@H](C)[C@@H](O[C@@H]2O[C@H](C)C[C@H](N(C)C)[C@H]2O)[C@](C)(O)C[C@@H](C)CN[C@H](C)[C@@H](O)[C@]1(C)O. The first-order valence-electron chi connectivity index (χ1n) is 48.0. The van der Waals surface area contributed by atoms with Gasteiger partial charge in [0, 0.05) is 83.0 Å². The summed E-state index contributed by atoms with van der Waals surface area (Å²) < 4.78 is 75.4. The van der Waals surface area contributed by atoms with Crippen molar-refractivity contribution in [3.05, 3.63) is 72.9 Å². The second-order valence-corrected chi connectivity index (χ2v) is 40.0. The second kappa shape index (κ2) is 53.4. The third kappa shape index (κ3) is 32.8. The average molecular weight is 1850 g/mol. The van der Waals surface area contributed by atoms with Gasteiger partial charge in [-0.1, -0.05) is 121 Å². The zero-order valence-corrected chi connectivity index (χ0v) is 83.7. The number of carbonyl (C=O) groups is 4. The molecule has 130 heavy (non-hydrogen) atoms. The molecule has 0 aromatic rings. The number of likely N-dealkylation sites (N-methyl/N-ethyl adjacent to an activating group) is 2. The molecule has 2 amide bonds. The fourth-order valence-electron chi connectivity index (χ4n) is 19.6. The summed E-state index contributed by atoms with van der Waals surface area (Å²) in [5.74, 6) is -6.53. The fourth-order valence-corrected chi connectivity index (χ4v) is 19.6. The molecule has 6 saturated heterocycles. The smallest absolute Gasteiger partial charge is 0.311 e. The van der Waals surface area contributed by atoms with E-state index in [2.05, 4.69) is 78.3 Å². The number of methoxy groups -OCH3 is 2. The normalized spacial score (nSPS) is 42.1. The summed E-state index contributed by atoms with van der Waals surface area (Å²) in [5.41, 5.74) is -9.31. The van der Waals surface area contributed by atoms with Gasteiger partial charge in [-0.2, -0.15) is 0 Å². The maximum Gasteiger partial charge on any atom is 0.311 e. The highest BCUT2D eigenvalue weighted by Gasteiger charge is 2.57. The quantitative estimate of drug-likeness (QED) is 0.0227. The number of hydrogen-bond acceptors (Lipinski definition) is 29. The van der Waals surface area contributed by atoms with Gasteiger partial charge in [-0.3, -0.25) is 19.2 Å². The molecule has 6 rings (SSSR count). The molecule has 6 aliphatic heterocycles. The first-order valence-corrected chi connectivity index (χ1v) is 48.0. The van der Waals surface area contributed by atoms with Gasteiger partial charge in [0.2, 0.25) is 11.8 Å².